The maximum absolute atomic E-state index is 12.4. The molecule has 0 spiro atoms. The summed E-state index contributed by atoms with van der Waals surface area (Å²) < 4.78 is 6.01. The summed E-state index contributed by atoms with van der Waals surface area (Å²) in [5.74, 6) is 1.76. The van der Waals surface area contributed by atoms with E-state index in [-0.39, 0.29) is 5.91 Å². The van der Waals surface area contributed by atoms with Crippen molar-refractivity contribution in [3.05, 3.63) is 29.3 Å². The third-order valence-corrected chi connectivity index (χ3v) is 5.85. The minimum Gasteiger partial charge on any atom is -0.481 e. The van der Waals surface area contributed by atoms with E-state index in [2.05, 4.69) is 23.2 Å². The molecule has 26 heavy (non-hydrogen) atoms. The average Bonchev–Trinajstić information content (AvgIpc) is 2.66. The Bertz CT molecular complexity index is 594. The molecule has 144 valence electrons. The number of benzene rings is 1. The fourth-order valence-corrected chi connectivity index (χ4v) is 4.04. The van der Waals surface area contributed by atoms with Gasteiger partial charge in [0, 0.05) is 6.54 Å². The maximum Gasteiger partial charge on any atom is 0.260 e. The molecule has 1 amide bonds. The lowest BCUT2D eigenvalue weighted by Gasteiger charge is -2.30. The number of nitrogens with zero attached hydrogens (tertiary/aromatic N) is 1. The molecule has 0 saturated carbocycles. The highest BCUT2D eigenvalue weighted by Gasteiger charge is 2.19. The highest BCUT2D eigenvalue weighted by molar-refractivity contribution is 5.80. The van der Waals surface area contributed by atoms with Crippen LogP contribution in [0.2, 0.25) is 0 Å². The SMILES string of the molecule is CC1CCN(CCCNC(=O)[C@H](C)Oc2cccc3c2CCCC3)CC1. The van der Waals surface area contributed by atoms with Gasteiger partial charge in [0.1, 0.15) is 5.75 Å². The first kappa shape index (κ1) is 19.2. The number of rotatable bonds is 7. The predicted octanol–water partition coefficient (Wildman–Crippen LogP) is 3.57. The van der Waals surface area contributed by atoms with Crippen LogP contribution < -0.4 is 10.1 Å². The summed E-state index contributed by atoms with van der Waals surface area (Å²) in [6.45, 7) is 8.40. The van der Waals surface area contributed by atoms with E-state index in [0.717, 1.165) is 44.0 Å². The third-order valence-electron chi connectivity index (χ3n) is 5.85. The zero-order valence-corrected chi connectivity index (χ0v) is 16.4. The number of aryl methyl sites for hydroxylation is 1. The predicted molar refractivity (Wildman–Crippen MR) is 106 cm³/mol. The van der Waals surface area contributed by atoms with Gasteiger partial charge in [-0.05, 0) is 94.6 Å². The number of carbonyl (C=O) groups is 1. The van der Waals surface area contributed by atoms with Crippen LogP contribution in [0.3, 0.4) is 0 Å². The Hall–Kier alpha value is -1.55. The van der Waals surface area contributed by atoms with Crippen molar-refractivity contribution in [3.8, 4) is 5.75 Å². The van der Waals surface area contributed by atoms with Crippen LogP contribution in [0, 0.1) is 5.92 Å². The van der Waals surface area contributed by atoms with Crippen molar-refractivity contribution in [2.24, 2.45) is 5.92 Å². The van der Waals surface area contributed by atoms with Crippen LogP contribution in [0.15, 0.2) is 18.2 Å². The molecule has 1 aromatic rings. The summed E-state index contributed by atoms with van der Waals surface area (Å²) in [5.41, 5.74) is 2.69. The quantitative estimate of drug-likeness (QED) is 0.758. The molecule has 4 heteroatoms. The van der Waals surface area contributed by atoms with Gasteiger partial charge in [0.15, 0.2) is 6.10 Å². The first-order valence-corrected chi connectivity index (χ1v) is 10.4. The Morgan fingerprint density at radius 3 is 2.85 bits per heavy atom. The lowest BCUT2D eigenvalue weighted by atomic mass is 9.91. The molecule has 1 N–H and O–H groups in total. The van der Waals surface area contributed by atoms with Crippen LogP contribution in [0.1, 0.15) is 57.1 Å². The second-order valence-corrected chi connectivity index (χ2v) is 8.03. The first-order valence-electron chi connectivity index (χ1n) is 10.4. The Morgan fingerprint density at radius 2 is 2.04 bits per heavy atom. The molecule has 0 aromatic heterocycles. The van der Waals surface area contributed by atoms with Gasteiger partial charge in [-0.2, -0.15) is 0 Å². The molecule has 1 atom stereocenters. The lowest BCUT2D eigenvalue weighted by molar-refractivity contribution is -0.127. The number of carbonyl (C=O) groups excluding carboxylic acids is 1. The molecule has 0 bridgehead atoms. The summed E-state index contributed by atoms with van der Waals surface area (Å²) in [4.78, 5) is 14.9. The second-order valence-electron chi connectivity index (χ2n) is 8.03. The second kappa shape index (κ2) is 9.40. The van der Waals surface area contributed by atoms with E-state index in [1.54, 1.807) is 0 Å². The number of hydrogen-bond acceptors (Lipinski definition) is 3. The molecule has 1 heterocycles. The molecule has 4 nitrogen and oxygen atoms in total. The maximum atomic E-state index is 12.4. The molecule has 2 aliphatic rings. The van der Waals surface area contributed by atoms with Gasteiger partial charge in [-0.3, -0.25) is 4.79 Å². The molecular formula is C22H34N2O2. The molecular weight excluding hydrogens is 324 g/mol. The topological polar surface area (TPSA) is 41.6 Å². The minimum atomic E-state index is -0.445. The van der Waals surface area contributed by atoms with Gasteiger partial charge in [-0.15, -0.1) is 0 Å². The standard InChI is InChI=1S/C22H34N2O2/c1-17-11-15-24(16-12-17)14-6-13-23-22(25)18(2)26-21-10-5-8-19-7-3-4-9-20(19)21/h5,8,10,17-18H,3-4,6-7,9,11-16H2,1-2H3,(H,23,25)/t18-/m0/s1. The number of amides is 1. The first-order chi connectivity index (χ1) is 12.6. The van der Waals surface area contributed by atoms with Crippen molar-refractivity contribution in [1.29, 1.82) is 0 Å². The monoisotopic (exact) mass is 358 g/mol. The van der Waals surface area contributed by atoms with Crippen molar-refractivity contribution in [2.45, 2.75) is 64.9 Å². The molecule has 3 rings (SSSR count). The smallest absolute Gasteiger partial charge is 0.260 e. The number of nitrogens with one attached hydrogen (secondary N) is 1. The van der Waals surface area contributed by atoms with Crippen LogP contribution >= 0.6 is 0 Å². The Morgan fingerprint density at radius 1 is 1.27 bits per heavy atom. The number of likely N-dealkylation sites (tertiary alicyclic amines) is 1. The molecule has 1 aliphatic carbocycles. The Balaban J connectivity index is 1.40. The largest absolute Gasteiger partial charge is 0.481 e. The molecule has 0 unspecified atom stereocenters. The van der Waals surface area contributed by atoms with Gasteiger partial charge in [0.25, 0.3) is 5.91 Å². The van der Waals surface area contributed by atoms with Crippen LogP contribution in [0.5, 0.6) is 5.75 Å². The van der Waals surface area contributed by atoms with Crippen molar-refractivity contribution in [3.63, 3.8) is 0 Å². The van der Waals surface area contributed by atoms with E-state index in [1.807, 2.05) is 19.1 Å². The van der Waals surface area contributed by atoms with E-state index < -0.39 is 6.10 Å². The molecule has 1 aliphatic heterocycles. The number of ether oxygens (including phenoxy) is 1. The van der Waals surface area contributed by atoms with E-state index >= 15 is 0 Å². The van der Waals surface area contributed by atoms with Crippen LogP contribution in [0.4, 0.5) is 0 Å². The number of hydrogen-bond donors (Lipinski definition) is 1. The van der Waals surface area contributed by atoms with Crippen molar-refractivity contribution in [2.75, 3.05) is 26.2 Å². The van der Waals surface area contributed by atoms with Crippen molar-refractivity contribution in [1.82, 2.24) is 10.2 Å². The number of fused-ring (bicyclic) bond motifs is 1. The lowest BCUT2D eigenvalue weighted by Crippen LogP contribution is -2.39. The van der Waals surface area contributed by atoms with Gasteiger partial charge in [0.2, 0.25) is 0 Å². The summed E-state index contributed by atoms with van der Waals surface area (Å²) >= 11 is 0. The van der Waals surface area contributed by atoms with Gasteiger partial charge >= 0.3 is 0 Å². The van der Waals surface area contributed by atoms with E-state index in [1.165, 1.54) is 49.9 Å². The summed E-state index contributed by atoms with van der Waals surface area (Å²) in [6.07, 6.45) is 7.83. The molecule has 1 saturated heterocycles. The zero-order chi connectivity index (χ0) is 18.4. The van der Waals surface area contributed by atoms with E-state index in [4.69, 9.17) is 4.74 Å². The van der Waals surface area contributed by atoms with E-state index in [0.29, 0.717) is 0 Å². The molecule has 1 aromatic carbocycles. The fraction of sp³-hybridized carbons (Fsp3) is 0.682. The van der Waals surface area contributed by atoms with Gasteiger partial charge in [-0.25, -0.2) is 0 Å². The summed E-state index contributed by atoms with van der Waals surface area (Å²) in [5, 5.41) is 3.04. The Labute approximate surface area is 158 Å². The molecule has 1 fully saturated rings. The van der Waals surface area contributed by atoms with Gasteiger partial charge < -0.3 is 15.0 Å². The van der Waals surface area contributed by atoms with Crippen LogP contribution in [0.25, 0.3) is 0 Å². The fourth-order valence-electron chi connectivity index (χ4n) is 4.04. The van der Waals surface area contributed by atoms with Crippen molar-refractivity contribution >= 4 is 5.91 Å². The summed E-state index contributed by atoms with van der Waals surface area (Å²) in [6, 6.07) is 6.24. The van der Waals surface area contributed by atoms with Gasteiger partial charge in [-0.1, -0.05) is 19.1 Å². The highest BCUT2D eigenvalue weighted by Crippen LogP contribution is 2.30. The molecule has 0 radical (unpaired) electrons. The van der Waals surface area contributed by atoms with E-state index in [9.17, 15) is 4.79 Å². The van der Waals surface area contributed by atoms with Gasteiger partial charge in [0.05, 0.1) is 0 Å². The Kier molecular flexibility index (Phi) is 6.95. The normalized spacial score (nSPS) is 19.6. The minimum absolute atomic E-state index is 0.00863. The van der Waals surface area contributed by atoms with Crippen molar-refractivity contribution < 1.29 is 9.53 Å². The average molecular weight is 359 g/mol. The van der Waals surface area contributed by atoms with Crippen LogP contribution in [-0.2, 0) is 17.6 Å². The number of piperidine rings is 1. The third kappa shape index (κ3) is 5.23. The summed E-state index contributed by atoms with van der Waals surface area (Å²) in [7, 11) is 0. The van der Waals surface area contributed by atoms with Crippen LogP contribution in [-0.4, -0.2) is 43.1 Å². The highest BCUT2D eigenvalue weighted by atomic mass is 16.5. The zero-order valence-electron chi connectivity index (χ0n) is 16.4.